The van der Waals surface area contributed by atoms with Crippen molar-refractivity contribution in [3.05, 3.63) is 83.2 Å². The molecule has 2 unspecified atom stereocenters. The van der Waals surface area contributed by atoms with Gasteiger partial charge in [-0.1, -0.05) is 48.5 Å². The van der Waals surface area contributed by atoms with Gasteiger partial charge in [-0.05, 0) is 54.2 Å². The summed E-state index contributed by atoms with van der Waals surface area (Å²) in [5.74, 6) is -0.202. The van der Waals surface area contributed by atoms with Crippen LogP contribution in [0, 0.1) is 12.8 Å². The summed E-state index contributed by atoms with van der Waals surface area (Å²) in [6.07, 6.45) is 0.746. The van der Waals surface area contributed by atoms with E-state index < -0.39 is 0 Å². The van der Waals surface area contributed by atoms with E-state index in [-0.39, 0.29) is 42.4 Å². The summed E-state index contributed by atoms with van der Waals surface area (Å²) in [7, 11) is 0. The van der Waals surface area contributed by atoms with Gasteiger partial charge in [-0.25, -0.2) is 4.79 Å². The van der Waals surface area contributed by atoms with Crippen molar-refractivity contribution < 1.29 is 19.1 Å². The normalized spacial score (nSPS) is 22.9. The Morgan fingerprint density at radius 1 is 0.914 bits per heavy atom. The maximum atomic E-state index is 13.3. The third-order valence-electron chi connectivity index (χ3n) is 7.49. The number of benzene rings is 2. The highest BCUT2D eigenvalue weighted by atomic mass is 16.6. The Morgan fingerprint density at radius 3 is 2.14 bits per heavy atom. The second-order valence-electron chi connectivity index (χ2n) is 9.65. The number of aryl methyl sites for hydroxylation is 1. The molecule has 1 aliphatic carbocycles. The number of ketones is 1. The number of aromatic nitrogens is 2. The van der Waals surface area contributed by atoms with Crippen LogP contribution in [0.15, 0.2) is 60.7 Å². The smallest absolute Gasteiger partial charge is 0.410 e. The number of hydrogen-bond donors (Lipinski definition) is 0. The molecule has 3 heterocycles. The summed E-state index contributed by atoms with van der Waals surface area (Å²) in [4.78, 5) is 28.2. The Kier molecular flexibility index (Phi) is 5.57. The standard InChI is InChI=1S/C28H27N3O4/c1-17-10-11-26(30-29-17)27(32)18-12-19-14-34-15-20(13-18)31(19)28(33)35-16-25-23-8-4-2-6-21(23)22-7-3-5-9-24(22)25/h2-11,18-20,25H,12-16H2,1H3. The zero-order valence-corrected chi connectivity index (χ0v) is 19.6. The van der Waals surface area contributed by atoms with Gasteiger partial charge < -0.3 is 9.47 Å². The largest absolute Gasteiger partial charge is 0.448 e. The Labute approximate surface area is 204 Å². The van der Waals surface area contributed by atoms with Crippen LogP contribution in [0.5, 0.6) is 0 Å². The minimum atomic E-state index is -0.328. The first-order chi connectivity index (χ1) is 17.1. The molecular weight excluding hydrogens is 442 g/mol. The van der Waals surface area contributed by atoms with Crippen LogP contribution in [0.3, 0.4) is 0 Å². The molecule has 1 aromatic heterocycles. The average molecular weight is 470 g/mol. The minimum absolute atomic E-state index is 0.0124. The number of carbonyl (C=O) groups is 2. The molecule has 2 saturated heterocycles. The molecule has 2 atom stereocenters. The van der Waals surface area contributed by atoms with Crippen molar-refractivity contribution in [1.29, 1.82) is 0 Å². The molecule has 3 aliphatic rings. The topological polar surface area (TPSA) is 81.6 Å². The minimum Gasteiger partial charge on any atom is -0.448 e. The maximum Gasteiger partial charge on any atom is 0.410 e. The third kappa shape index (κ3) is 3.90. The molecule has 7 nitrogen and oxygen atoms in total. The van der Waals surface area contributed by atoms with E-state index in [9.17, 15) is 9.59 Å². The molecule has 35 heavy (non-hydrogen) atoms. The van der Waals surface area contributed by atoms with E-state index in [1.165, 1.54) is 22.3 Å². The van der Waals surface area contributed by atoms with Crippen LogP contribution in [0.1, 0.15) is 46.1 Å². The van der Waals surface area contributed by atoms with Crippen LogP contribution in [-0.2, 0) is 9.47 Å². The number of Topliss-reactive ketones (excluding diaryl/α,β-unsaturated/α-hetero) is 1. The highest BCUT2D eigenvalue weighted by Gasteiger charge is 2.45. The summed E-state index contributed by atoms with van der Waals surface area (Å²) >= 11 is 0. The molecule has 2 fully saturated rings. The van der Waals surface area contributed by atoms with Gasteiger partial charge in [-0.15, -0.1) is 5.10 Å². The van der Waals surface area contributed by atoms with Crippen LogP contribution >= 0.6 is 0 Å². The first kappa shape index (κ1) is 21.9. The van der Waals surface area contributed by atoms with Crippen molar-refractivity contribution in [2.45, 2.75) is 37.8 Å². The van der Waals surface area contributed by atoms with E-state index in [0.717, 1.165) is 5.69 Å². The van der Waals surface area contributed by atoms with Crippen LogP contribution in [0.2, 0.25) is 0 Å². The number of morpholine rings is 1. The van der Waals surface area contributed by atoms with E-state index in [4.69, 9.17) is 9.47 Å². The Bertz CT molecular complexity index is 1220. The second kappa shape index (κ2) is 8.89. The number of carbonyl (C=O) groups excluding carboxylic acids is 2. The SMILES string of the molecule is Cc1ccc(C(=O)C2CC3COCC(C2)N3C(=O)OCC2c3ccccc3-c3ccccc32)nn1. The zero-order valence-electron chi connectivity index (χ0n) is 19.6. The molecule has 0 saturated carbocycles. The summed E-state index contributed by atoms with van der Waals surface area (Å²) in [5.41, 5.74) is 5.94. The lowest BCUT2D eigenvalue weighted by Gasteiger charge is -2.47. The van der Waals surface area contributed by atoms with Crippen LogP contribution < -0.4 is 0 Å². The molecule has 0 radical (unpaired) electrons. The summed E-state index contributed by atoms with van der Waals surface area (Å²) in [6.45, 7) is 2.94. The van der Waals surface area contributed by atoms with Gasteiger partial charge in [0.25, 0.3) is 0 Å². The lowest BCUT2D eigenvalue weighted by molar-refractivity contribution is -0.0748. The first-order valence-electron chi connectivity index (χ1n) is 12.2. The van der Waals surface area contributed by atoms with Gasteiger partial charge in [0, 0.05) is 11.8 Å². The van der Waals surface area contributed by atoms with Crippen LogP contribution in [0.25, 0.3) is 11.1 Å². The second-order valence-corrected chi connectivity index (χ2v) is 9.65. The van der Waals surface area contributed by atoms with Gasteiger partial charge in [-0.3, -0.25) is 9.69 Å². The molecule has 0 spiro atoms. The molecule has 6 rings (SSSR count). The number of amides is 1. The Morgan fingerprint density at radius 2 is 1.54 bits per heavy atom. The van der Waals surface area contributed by atoms with Crippen molar-refractivity contribution in [2.75, 3.05) is 19.8 Å². The van der Waals surface area contributed by atoms with Crippen molar-refractivity contribution >= 4 is 11.9 Å². The summed E-state index contributed by atoms with van der Waals surface area (Å²) in [6, 6.07) is 19.8. The zero-order chi connectivity index (χ0) is 23.9. The van der Waals surface area contributed by atoms with Gasteiger partial charge in [0.2, 0.25) is 0 Å². The van der Waals surface area contributed by atoms with Gasteiger partial charge in [0.05, 0.1) is 31.0 Å². The van der Waals surface area contributed by atoms with Gasteiger partial charge in [0.15, 0.2) is 5.78 Å². The third-order valence-corrected chi connectivity index (χ3v) is 7.49. The number of nitrogens with zero attached hydrogens (tertiary/aromatic N) is 3. The summed E-state index contributed by atoms with van der Waals surface area (Å²) < 4.78 is 11.7. The first-order valence-corrected chi connectivity index (χ1v) is 12.2. The van der Waals surface area contributed by atoms with Crippen LogP contribution in [-0.4, -0.2) is 58.9 Å². The monoisotopic (exact) mass is 469 g/mol. The fraction of sp³-hybridized carbons (Fsp3) is 0.357. The molecule has 2 bridgehead atoms. The predicted molar refractivity (Wildman–Crippen MR) is 129 cm³/mol. The van der Waals surface area contributed by atoms with Gasteiger partial charge >= 0.3 is 6.09 Å². The molecule has 7 heteroatoms. The van der Waals surface area contributed by atoms with Crippen LogP contribution in [0.4, 0.5) is 4.79 Å². The number of piperidine rings is 1. The molecule has 178 valence electrons. The van der Waals surface area contributed by atoms with E-state index >= 15 is 0 Å². The molecule has 0 N–H and O–H groups in total. The fourth-order valence-corrected chi connectivity index (χ4v) is 5.84. The predicted octanol–water partition coefficient (Wildman–Crippen LogP) is 4.40. The Hall–Kier alpha value is -3.58. The van der Waals surface area contributed by atoms with E-state index in [0.29, 0.717) is 31.7 Å². The molecule has 2 aromatic carbocycles. The quantitative estimate of drug-likeness (QED) is 0.527. The van der Waals surface area contributed by atoms with E-state index in [1.807, 2.05) is 31.2 Å². The van der Waals surface area contributed by atoms with Gasteiger partial charge in [-0.2, -0.15) is 5.10 Å². The van der Waals surface area contributed by atoms with Gasteiger partial charge in [0.1, 0.15) is 12.3 Å². The van der Waals surface area contributed by atoms with Crippen molar-refractivity contribution in [1.82, 2.24) is 15.1 Å². The Balaban J connectivity index is 1.16. The maximum absolute atomic E-state index is 13.3. The van der Waals surface area contributed by atoms with Crippen molar-refractivity contribution in [3.8, 4) is 11.1 Å². The molecule has 2 aliphatic heterocycles. The average Bonchev–Trinajstić information content (AvgIpc) is 3.20. The van der Waals surface area contributed by atoms with Crippen molar-refractivity contribution in [3.63, 3.8) is 0 Å². The number of fused-ring (bicyclic) bond motifs is 5. The lowest BCUT2D eigenvalue weighted by atomic mass is 9.82. The molecule has 1 amide bonds. The van der Waals surface area contributed by atoms with E-state index in [2.05, 4.69) is 34.5 Å². The molecule has 3 aromatic rings. The number of hydrogen-bond acceptors (Lipinski definition) is 6. The fourth-order valence-electron chi connectivity index (χ4n) is 5.84. The highest BCUT2D eigenvalue weighted by Crippen LogP contribution is 2.44. The highest BCUT2D eigenvalue weighted by molar-refractivity contribution is 5.96. The molecular formula is C28H27N3O4. The number of rotatable bonds is 4. The lowest BCUT2D eigenvalue weighted by Crippen LogP contribution is -2.60. The van der Waals surface area contributed by atoms with Crippen molar-refractivity contribution in [2.24, 2.45) is 5.92 Å². The van der Waals surface area contributed by atoms with E-state index in [1.54, 1.807) is 17.0 Å². The summed E-state index contributed by atoms with van der Waals surface area (Å²) in [5, 5.41) is 8.10. The number of ether oxygens (including phenoxy) is 2.